The van der Waals surface area contributed by atoms with Crippen LogP contribution in [0.2, 0.25) is 0 Å². The van der Waals surface area contributed by atoms with Crippen molar-refractivity contribution in [2.45, 2.75) is 71.8 Å². The first-order valence-electron chi connectivity index (χ1n) is 6.40. The van der Waals surface area contributed by atoms with E-state index in [0.717, 1.165) is 0 Å². The van der Waals surface area contributed by atoms with Crippen LogP contribution in [0.3, 0.4) is 0 Å². The Morgan fingerprint density at radius 1 is 1.16 bits per heavy atom. The van der Waals surface area contributed by atoms with Crippen molar-refractivity contribution >= 4 is 13.4 Å². The number of rotatable bonds is 9. The van der Waals surface area contributed by atoms with Crippen molar-refractivity contribution in [1.29, 1.82) is 0 Å². The van der Waals surface area contributed by atoms with Crippen molar-refractivity contribution in [3.63, 3.8) is 0 Å². The topological polar surface area (TPSA) is 52.6 Å². The molecule has 0 unspecified atom stereocenters. The maximum absolute atomic E-state index is 14.0. The van der Waals surface area contributed by atoms with Crippen LogP contribution < -0.4 is 0 Å². The Labute approximate surface area is 113 Å². The molecule has 4 nitrogen and oxygen atoms in total. The molecule has 19 heavy (non-hydrogen) atoms. The average Bonchev–Trinajstić information content (AvgIpc) is 2.23. The fourth-order valence-electron chi connectivity index (χ4n) is 1.34. The molecule has 0 radical (unpaired) electrons. The molecular weight excluding hydrogens is 277 g/mol. The largest absolute Gasteiger partial charge is 0.400 e. The van der Waals surface area contributed by atoms with Crippen LogP contribution >= 0.6 is 7.60 Å². The summed E-state index contributed by atoms with van der Waals surface area (Å²) in [6, 6.07) is 0. The Morgan fingerprint density at radius 2 is 1.58 bits per heavy atom. The Kier molecular flexibility index (Phi) is 7.33. The van der Waals surface area contributed by atoms with Gasteiger partial charge in [0, 0.05) is 19.3 Å². The molecule has 0 spiro atoms. The highest BCUT2D eigenvalue weighted by Crippen LogP contribution is 2.64. The van der Waals surface area contributed by atoms with E-state index >= 15 is 0 Å². The fraction of sp³-hybridized carbons (Fsp3) is 0.917. The van der Waals surface area contributed by atoms with Crippen LogP contribution in [0.5, 0.6) is 0 Å². The van der Waals surface area contributed by atoms with Gasteiger partial charge in [0.05, 0.1) is 12.2 Å². The monoisotopic (exact) mass is 300 g/mol. The second-order valence-electron chi connectivity index (χ2n) is 4.86. The standard InChI is InChI=1S/C12H23F2O4P/c1-6-11(15)7-8-12(13,14)19(16,17-9(2)3)18-10(4)5/h9-10H,6-8H2,1-5H3. The third kappa shape index (κ3) is 6.11. The number of alkyl halides is 2. The Balaban J connectivity index is 5.00. The molecule has 7 heteroatoms. The second-order valence-corrected chi connectivity index (χ2v) is 6.93. The molecule has 0 aliphatic rings. The minimum absolute atomic E-state index is 0.177. The molecule has 0 fully saturated rings. The zero-order valence-electron chi connectivity index (χ0n) is 12.1. The lowest BCUT2D eigenvalue weighted by Crippen LogP contribution is -2.24. The van der Waals surface area contributed by atoms with Crippen LogP contribution in [0, 0.1) is 0 Å². The normalized spacial score (nSPS) is 13.3. The summed E-state index contributed by atoms with van der Waals surface area (Å²) in [7, 11) is -4.59. The molecule has 0 rings (SSSR count). The van der Waals surface area contributed by atoms with E-state index in [1.165, 1.54) is 27.7 Å². The lowest BCUT2D eigenvalue weighted by atomic mass is 10.2. The minimum Gasteiger partial charge on any atom is -0.302 e. The van der Waals surface area contributed by atoms with Crippen molar-refractivity contribution in [2.24, 2.45) is 0 Å². The Bertz CT molecular complexity index is 329. The third-order valence-electron chi connectivity index (χ3n) is 2.20. The first-order chi connectivity index (χ1) is 8.54. The van der Waals surface area contributed by atoms with Gasteiger partial charge in [0.15, 0.2) is 0 Å². The molecule has 0 aliphatic heterocycles. The fourth-order valence-corrected chi connectivity index (χ4v) is 3.19. The number of halogens is 2. The number of ketones is 1. The average molecular weight is 300 g/mol. The van der Waals surface area contributed by atoms with Gasteiger partial charge in [-0.05, 0) is 27.7 Å². The molecule has 0 N–H and O–H groups in total. The first kappa shape index (κ1) is 18.7. The molecule has 114 valence electrons. The van der Waals surface area contributed by atoms with Gasteiger partial charge in [-0.25, -0.2) is 0 Å². The van der Waals surface area contributed by atoms with E-state index in [0.29, 0.717) is 0 Å². The molecule has 0 amide bonds. The van der Waals surface area contributed by atoms with E-state index in [2.05, 4.69) is 0 Å². The number of Topliss-reactive ketones (excluding diaryl/α,β-unsaturated/α-hetero) is 1. The van der Waals surface area contributed by atoms with Crippen LogP contribution in [0.25, 0.3) is 0 Å². The molecule has 0 bridgehead atoms. The highest BCUT2D eigenvalue weighted by molar-refractivity contribution is 7.55. The quantitative estimate of drug-likeness (QED) is 0.593. The molecule has 0 atom stereocenters. The van der Waals surface area contributed by atoms with Gasteiger partial charge < -0.3 is 9.05 Å². The molecule has 0 aliphatic carbocycles. The molecule has 0 heterocycles. The van der Waals surface area contributed by atoms with Crippen LogP contribution in [-0.4, -0.2) is 23.7 Å². The number of carbonyl (C=O) groups excluding carboxylic acids is 1. The van der Waals surface area contributed by atoms with Crippen LogP contribution in [0.1, 0.15) is 53.9 Å². The van der Waals surface area contributed by atoms with Gasteiger partial charge in [-0.15, -0.1) is 0 Å². The maximum atomic E-state index is 14.0. The summed E-state index contributed by atoms with van der Waals surface area (Å²) >= 11 is 0. The highest BCUT2D eigenvalue weighted by Gasteiger charge is 2.54. The van der Waals surface area contributed by atoms with Gasteiger partial charge >= 0.3 is 13.3 Å². The summed E-state index contributed by atoms with van der Waals surface area (Å²) in [5.41, 5.74) is -3.66. The zero-order valence-corrected chi connectivity index (χ0v) is 13.0. The van der Waals surface area contributed by atoms with Crippen molar-refractivity contribution < 1.29 is 27.2 Å². The van der Waals surface area contributed by atoms with Crippen molar-refractivity contribution in [2.75, 3.05) is 0 Å². The van der Waals surface area contributed by atoms with Gasteiger partial charge in [-0.3, -0.25) is 9.36 Å². The summed E-state index contributed by atoms with van der Waals surface area (Å²) in [5.74, 6) is -0.305. The van der Waals surface area contributed by atoms with E-state index in [4.69, 9.17) is 9.05 Å². The molecule has 0 saturated heterocycles. The maximum Gasteiger partial charge on any atom is 0.400 e. The minimum atomic E-state index is -4.59. The summed E-state index contributed by atoms with van der Waals surface area (Å²) in [5, 5.41) is 0. The number of hydrogen-bond donors (Lipinski definition) is 0. The summed E-state index contributed by atoms with van der Waals surface area (Å²) < 4.78 is 50.0. The lowest BCUT2D eigenvalue weighted by Gasteiger charge is -2.29. The van der Waals surface area contributed by atoms with Crippen LogP contribution in [-0.2, 0) is 18.4 Å². The van der Waals surface area contributed by atoms with Crippen LogP contribution in [0.4, 0.5) is 8.78 Å². The summed E-state index contributed by atoms with van der Waals surface area (Å²) in [6.45, 7) is 7.61. The molecule has 0 aromatic rings. The van der Waals surface area contributed by atoms with E-state index in [1.54, 1.807) is 6.92 Å². The van der Waals surface area contributed by atoms with Crippen molar-refractivity contribution in [3.8, 4) is 0 Å². The number of hydrogen-bond acceptors (Lipinski definition) is 4. The molecule has 0 saturated carbocycles. The summed E-state index contributed by atoms with van der Waals surface area (Å²) in [6.07, 6.45) is -2.29. The van der Waals surface area contributed by atoms with E-state index in [1.807, 2.05) is 0 Å². The van der Waals surface area contributed by atoms with Gasteiger partial charge in [-0.2, -0.15) is 8.78 Å². The molecular formula is C12H23F2O4P. The van der Waals surface area contributed by atoms with Gasteiger partial charge in [0.25, 0.3) is 0 Å². The van der Waals surface area contributed by atoms with Gasteiger partial charge in [0.1, 0.15) is 5.78 Å². The van der Waals surface area contributed by atoms with E-state index in [-0.39, 0.29) is 18.6 Å². The second kappa shape index (κ2) is 7.46. The SMILES string of the molecule is CCC(=O)CCC(F)(F)P(=O)(OC(C)C)OC(C)C. The van der Waals surface area contributed by atoms with Crippen LogP contribution in [0.15, 0.2) is 0 Å². The Hall–Kier alpha value is -0.320. The lowest BCUT2D eigenvalue weighted by molar-refractivity contribution is -0.120. The predicted molar refractivity (Wildman–Crippen MR) is 69.5 cm³/mol. The van der Waals surface area contributed by atoms with E-state index in [9.17, 15) is 18.1 Å². The first-order valence-corrected chi connectivity index (χ1v) is 7.94. The smallest absolute Gasteiger partial charge is 0.302 e. The third-order valence-corrected chi connectivity index (χ3v) is 4.62. The zero-order chi connectivity index (χ0) is 15.3. The summed E-state index contributed by atoms with van der Waals surface area (Å²) in [4.78, 5) is 11.1. The Morgan fingerprint density at radius 3 is 1.89 bits per heavy atom. The highest BCUT2D eigenvalue weighted by atomic mass is 31.2. The number of carbonyl (C=O) groups is 1. The molecule has 0 aromatic carbocycles. The van der Waals surface area contributed by atoms with E-state index < -0.39 is 31.9 Å². The predicted octanol–water partition coefficient (Wildman–Crippen LogP) is 4.38. The van der Waals surface area contributed by atoms with Crippen molar-refractivity contribution in [1.82, 2.24) is 0 Å². The van der Waals surface area contributed by atoms with Crippen molar-refractivity contribution in [3.05, 3.63) is 0 Å². The van der Waals surface area contributed by atoms with Gasteiger partial charge in [0.2, 0.25) is 0 Å². The molecule has 0 aromatic heterocycles. The van der Waals surface area contributed by atoms with Gasteiger partial charge in [-0.1, -0.05) is 6.92 Å².